The lowest BCUT2D eigenvalue weighted by molar-refractivity contribution is -0.117. The predicted octanol–water partition coefficient (Wildman–Crippen LogP) is 2.31. The smallest absolute Gasteiger partial charge is 0.233 e. The van der Waals surface area contributed by atoms with Crippen LogP contribution >= 0.6 is 11.3 Å². The van der Waals surface area contributed by atoms with Crippen molar-refractivity contribution in [3.8, 4) is 0 Å². The summed E-state index contributed by atoms with van der Waals surface area (Å²) in [6.45, 7) is 0. The molecular formula is C8H8N4OS. The van der Waals surface area contributed by atoms with Crippen LogP contribution in [0.4, 0.5) is 5.69 Å². The number of hydrogen-bond donors (Lipinski definition) is 1. The number of anilines is 1. The molecule has 1 atom stereocenters. The second-order valence-electron chi connectivity index (χ2n) is 3.01. The molecule has 6 heteroatoms. The molecule has 0 bridgehead atoms. The van der Waals surface area contributed by atoms with Gasteiger partial charge in [0.05, 0.1) is 5.69 Å². The third kappa shape index (κ3) is 1.57. The molecule has 0 aliphatic carbocycles. The van der Waals surface area contributed by atoms with Gasteiger partial charge in [-0.1, -0.05) is 5.11 Å². The van der Waals surface area contributed by atoms with Gasteiger partial charge in [0, 0.05) is 9.79 Å². The summed E-state index contributed by atoms with van der Waals surface area (Å²) in [6, 6.07) is 1.30. The molecule has 0 aromatic carbocycles. The number of rotatable bonds is 1. The fraction of sp³-hybridized carbons (Fsp3) is 0.375. The van der Waals surface area contributed by atoms with Gasteiger partial charge in [0.25, 0.3) is 0 Å². The average molecular weight is 208 g/mol. The fourth-order valence-electron chi connectivity index (χ4n) is 1.43. The molecule has 5 nitrogen and oxygen atoms in total. The van der Waals surface area contributed by atoms with Crippen molar-refractivity contribution in [3.63, 3.8) is 0 Å². The lowest BCUT2D eigenvalue weighted by Gasteiger charge is -2.04. The van der Waals surface area contributed by atoms with Crippen LogP contribution in [0, 0.1) is 0 Å². The van der Waals surface area contributed by atoms with Gasteiger partial charge in [-0.2, -0.15) is 0 Å². The zero-order valence-corrected chi connectivity index (χ0v) is 8.12. The second kappa shape index (κ2) is 3.69. The van der Waals surface area contributed by atoms with E-state index in [1.165, 1.54) is 0 Å². The highest BCUT2D eigenvalue weighted by Crippen LogP contribution is 2.27. The van der Waals surface area contributed by atoms with Crippen LogP contribution < -0.4 is 5.32 Å². The Balaban J connectivity index is 2.25. The normalized spacial score (nSPS) is 20.3. The van der Waals surface area contributed by atoms with Gasteiger partial charge < -0.3 is 5.32 Å². The zero-order chi connectivity index (χ0) is 9.97. The molecule has 1 aliphatic rings. The molecule has 0 spiro atoms. The Labute approximate surface area is 84.4 Å². The van der Waals surface area contributed by atoms with Crippen molar-refractivity contribution in [2.75, 3.05) is 5.32 Å². The third-order valence-corrected chi connectivity index (χ3v) is 3.12. The summed E-state index contributed by atoms with van der Waals surface area (Å²) in [5, 5.41) is 8.15. The fourth-order valence-corrected chi connectivity index (χ4v) is 2.28. The molecule has 1 aliphatic heterocycles. The van der Waals surface area contributed by atoms with Crippen molar-refractivity contribution in [2.45, 2.75) is 18.9 Å². The SMILES string of the molecule is [N-]=[N+]=NC1CCc2sccc2NC1=O. The van der Waals surface area contributed by atoms with Crippen molar-refractivity contribution < 1.29 is 4.79 Å². The second-order valence-corrected chi connectivity index (χ2v) is 4.01. The highest BCUT2D eigenvalue weighted by atomic mass is 32.1. The quantitative estimate of drug-likeness (QED) is 0.429. The van der Waals surface area contributed by atoms with Gasteiger partial charge in [-0.25, -0.2) is 0 Å². The maximum Gasteiger partial charge on any atom is 0.233 e. The third-order valence-electron chi connectivity index (χ3n) is 2.14. The number of carbonyl (C=O) groups is 1. The molecule has 72 valence electrons. The van der Waals surface area contributed by atoms with Crippen LogP contribution in [0.15, 0.2) is 16.6 Å². The van der Waals surface area contributed by atoms with E-state index >= 15 is 0 Å². The molecule has 0 fully saturated rings. The molecule has 1 N–H and O–H groups in total. The van der Waals surface area contributed by atoms with Crippen LogP contribution in [0.3, 0.4) is 0 Å². The molecule has 14 heavy (non-hydrogen) atoms. The van der Waals surface area contributed by atoms with E-state index in [1.54, 1.807) is 11.3 Å². The zero-order valence-electron chi connectivity index (χ0n) is 7.30. The Morgan fingerprint density at radius 1 is 1.71 bits per heavy atom. The average Bonchev–Trinajstić information content (AvgIpc) is 2.54. The summed E-state index contributed by atoms with van der Waals surface area (Å²) in [5.74, 6) is -0.208. The Kier molecular flexibility index (Phi) is 2.39. The van der Waals surface area contributed by atoms with Gasteiger partial charge in [0.15, 0.2) is 0 Å². The first kappa shape index (κ1) is 9.05. The summed E-state index contributed by atoms with van der Waals surface area (Å²) >= 11 is 1.61. The minimum absolute atomic E-state index is 0.208. The van der Waals surface area contributed by atoms with E-state index in [1.807, 2.05) is 11.4 Å². The molecule has 0 saturated heterocycles. The van der Waals surface area contributed by atoms with Crippen molar-refractivity contribution in [1.29, 1.82) is 0 Å². The largest absolute Gasteiger partial charge is 0.325 e. The van der Waals surface area contributed by atoms with E-state index in [0.717, 1.165) is 17.0 Å². The summed E-state index contributed by atoms with van der Waals surface area (Å²) in [7, 11) is 0. The lowest BCUT2D eigenvalue weighted by Crippen LogP contribution is -2.23. The van der Waals surface area contributed by atoms with E-state index in [0.29, 0.717) is 6.42 Å². The van der Waals surface area contributed by atoms with Crippen LogP contribution in [0.2, 0.25) is 0 Å². The van der Waals surface area contributed by atoms with Crippen LogP contribution in [0.1, 0.15) is 11.3 Å². The number of carbonyl (C=O) groups excluding carboxylic acids is 1. The Bertz CT molecular complexity index is 407. The molecule has 1 aromatic rings. The number of nitrogens with zero attached hydrogens (tertiary/aromatic N) is 3. The number of fused-ring (bicyclic) bond motifs is 1. The first-order chi connectivity index (χ1) is 6.81. The van der Waals surface area contributed by atoms with Gasteiger partial charge in [-0.3, -0.25) is 4.79 Å². The summed E-state index contributed by atoms with van der Waals surface area (Å²) in [6.07, 6.45) is 1.37. The van der Waals surface area contributed by atoms with Gasteiger partial charge in [0.1, 0.15) is 6.04 Å². The standard InChI is InChI=1S/C8H8N4OS/c9-12-11-6-1-2-7-5(3-4-14-7)10-8(6)13/h3-4,6H,1-2H2,(H,10,13). The van der Waals surface area contributed by atoms with E-state index in [2.05, 4.69) is 15.3 Å². The number of aryl methyl sites for hydroxylation is 1. The lowest BCUT2D eigenvalue weighted by atomic mass is 10.1. The van der Waals surface area contributed by atoms with Crippen LogP contribution in [-0.4, -0.2) is 11.9 Å². The van der Waals surface area contributed by atoms with E-state index in [9.17, 15) is 4.79 Å². The van der Waals surface area contributed by atoms with Crippen molar-refractivity contribution >= 4 is 22.9 Å². The van der Waals surface area contributed by atoms with E-state index < -0.39 is 6.04 Å². The van der Waals surface area contributed by atoms with Crippen molar-refractivity contribution in [2.24, 2.45) is 5.11 Å². The van der Waals surface area contributed by atoms with Crippen LogP contribution in [0.25, 0.3) is 10.4 Å². The monoisotopic (exact) mass is 208 g/mol. The molecule has 2 heterocycles. The first-order valence-electron chi connectivity index (χ1n) is 4.22. The maximum atomic E-state index is 11.5. The number of thiophene rings is 1. The van der Waals surface area contributed by atoms with Gasteiger partial charge in [-0.05, 0) is 29.8 Å². The minimum atomic E-state index is -0.570. The maximum absolute atomic E-state index is 11.5. The molecule has 0 radical (unpaired) electrons. The molecule has 0 saturated carbocycles. The highest BCUT2D eigenvalue weighted by Gasteiger charge is 2.22. The van der Waals surface area contributed by atoms with Gasteiger partial charge in [-0.15, -0.1) is 11.3 Å². The minimum Gasteiger partial charge on any atom is -0.325 e. The highest BCUT2D eigenvalue weighted by molar-refractivity contribution is 7.10. The topological polar surface area (TPSA) is 77.9 Å². The molecule has 1 aromatic heterocycles. The van der Waals surface area contributed by atoms with Crippen molar-refractivity contribution in [1.82, 2.24) is 0 Å². The number of amides is 1. The molecule has 1 amide bonds. The summed E-state index contributed by atoms with van der Waals surface area (Å²) in [5.41, 5.74) is 9.13. The van der Waals surface area contributed by atoms with Gasteiger partial charge in [0.2, 0.25) is 5.91 Å². The molecule has 2 rings (SSSR count). The molecular weight excluding hydrogens is 200 g/mol. The van der Waals surface area contributed by atoms with E-state index in [4.69, 9.17) is 5.53 Å². The van der Waals surface area contributed by atoms with Gasteiger partial charge >= 0.3 is 0 Å². The predicted molar refractivity (Wildman–Crippen MR) is 54.2 cm³/mol. The molecule has 1 unspecified atom stereocenters. The summed E-state index contributed by atoms with van der Waals surface area (Å²) in [4.78, 5) is 15.3. The summed E-state index contributed by atoms with van der Waals surface area (Å²) < 4.78 is 0. The number of azide groups is 1. The Morgan fingerprint density at radius 2 is 2.57 bits per heavy atom. The van der Waals surface area contributed by atoms with Crippen molar-refractivity contribution in [3.05, 3.63) is 26.8 Å². The Morgan fingerprint density at radius 3 is 3.36 bits per heavy atom. The van der Waals surface area contributed by atoms with Crippen LogP contribution in [-0.2, 0) is 11.2 Å². The van der Waals surface area contributed by atoms with Crippen LogP contribution in [0.5, 0.6) is 0 Å². The Hall–Kier alpha value is -1.52. The number of hydrogen-bond acceptors (Lipinski definition) is 3. The van der Waals surface area contributed by atoms with E-state index in [-0.39, 0.29) is 5.91 Å². The number of nitrogens with one attached hydrogen (secondary N) is 1. The first-order valence-corrected chi connectivity index (χ1v) is 5.10.